The van der Waals surface area contributed by atoms with Crippen molar-refractivity contribution in [2.45, 2.75) is 174 Å². The molecule has 51 heavy (non-hydrogen) atoms. The third-order valence-electron chi connectivity index (χ3n) is 7.71. The summed E-state index contributed by atoms with van der Waals surface area (Å²) >= 11 is 0. The maximum Gasteiger partial charge on any atom is 0.129 e. The number of aromatic amines is 1. The number of rotatable bonds is 0. The van der Waals surface area contributed by atoms with E-state index in [1.54, 1.807) is 0 Å². The third kappa shape index (κ3) is 17.1. The van der Waals surface area contributed by atoms with Crippen molar-refractivity contribution in [2.24, 2.45) is 5.41 Å². The van der Waals surface area contributed by atoms with Crippen molar-refractivity contribution < 1.29 is 0 Å². The number of aryl methyl sites for hydroxylation is 2. The normalized spacial score (nSPS) is 13.9. The highest BCUT2D eigenvalue weighted by atomic mass is 15.0. The van der Waals surface area contributed by atoms with Gasteiger partial charge >= 0.3 is 0 Å². The number of fused-ring (bicyclic) bond motifs is 3. The Labute approximate surface area is 315 Å². The molecule has 0 radical (unpaired) electrons. The van der Waals surface area contributed by atoms with Crippen LogP contribution in [0.5, 0.6) is 0 Å². The second-order valence-electron chi connectivity index (χ2n) is 14.4. The second-order valence-corrected chi connectivity index (χ2v) is 14.4. The Morgan fingerprint density at radius 2 is 1.20 bits per heavy atom. The number of anilines is 2. The van der Waals surface area contributed by atoms with Crippen LogP contribution in [0.1, 0.15) is 167 Å². The molecule has 1 atom stereocenters. The van der Waals surface area contributed by atoms with Crippen LogP contribution in [0.2, 0.25) is 0 Å². The van der Waals surface area contributed by atoms with Gasteiger partial charge in [0.25, 0.3) is 0 Å². The Morgan fingerprint density at radius 1 is 0.608 bits per heavy atom. The first-order valence-electron chi connectivity index (χ1n) is 20.1. The quantitative estimate of drug-likeness (QED) is 0.170. The number of pyridine rings is 2. The number of benzene rings is 1. The fraction of sp³-hybridized carbons (Fsp3) is 0.622. The molecule has 0 fully saturated rings. The summed E-state index contributed by atoms with van der Waals surface area (Å²) in [6, 6.07) is 17.2. The van der Waals surface area contributed by atoms with E-state index < -0.39 is 0 Å². The Morgan fingerprint density at radius 3 is 1.75 bits per heavy atom. The first-order chi connectivity index (χ1) is 24.2. The molecule has 5 heterocycles. The third-order valence-corrected chi connectivity index (χ3v) is 7.71. The molecule has 6 heteroatoms. The number of nitrogens with zero attached hydrogens (tertiary/aromatic N) is 3. The van der Waals surface area contributed by atoms with Crippen molar-refractivity contribution >= 4 is 22.7 Å². The standard InChI is InChI=1S/2C12H18N2.C11H14N2.5C2H6/c2*1-12(2,3)10-7-6-9-5-4-8-13-11(9)14-10;1-11(2,3)10-12-8-6-4-5-7-9(8)13-10;5*1-2/h6-7H,4-5,8H2,1-3H3,(H,13,14);4-5,8,10H,6-7H2,1-3H3,(H,13,14);4-7H,1-3H3,(H,12,13);5*1-2H3. The van der Waals surface area contributed by atoms with Crippen LogP contribution in [0, 0.1) is 5.41 Å². The number of aromatic nitrogens is 4. The Hall–Kier alpha value is -3.41. The molecule has 0 spiro atoms. The van der Waals surface area contributed by atoms with E-state index >= 15 is 0 Å². The average molecular weight is 705 g/mol. The highest BCUT2D eigenvalue weighted by Gasteiger charge is 2.28. The minimum absolute atomic E-state index is 0.0962. The first-order valence-corrected chi connectivity index (χ1v) is 20.1. The largest absolute Gasteiger partial charge is 0.370 e. The van der Waals surface area contributed by atoms with Crippen LogP contribution in [-0.4, -0.2) is 32.5 Å². The van der Waals surface area contributed by atoms with Gasteiger partial charge in [-0.3, -0.25) is 0 Å². The summed E-state index contributed by atoms with van der Waals surface area (Å²) in [6.45, 7) is 41.0. The molecular formula is C45H80N6. The van der Waals surface area contributed by atoms with Gasteiger partial charge in [-0.05, 0) is 66.5 Å². The molecule has 2 aliphatic rings. The van der Waals surface area contributed by atoms with E-state index in [1.165, 1.54) is 36.1 Å². The molecule has 6 rings (SSSR count). The van der Waals surface area contributed by atoms with Gasteiger partial charge in [-0.25, -0.2) is 15.0 Å². The molecule has 0 saturated carbocycles. The summed E-state index contributed by atoms with van der Waals surface area (Å²) in [7, 11) is 0. The number of para-hydroxylation sites is 2. The molecule has 0 aliphatic carbocycles. The van der Waals surface area contributed by atoms with Crippen molar-refractivity contribution in [3.05, 3.63) is 77.4 Å². The average Bonchev–Trinajstić information content (AvgIpc) is 3.61. The number of hydrogen-bond acceptors (Lipinski definition) is 5. The minimum Gasteiger partial charge on any atom is -0.370 e. The van der Waals surface area contributed by atoms with Crippen LogP contribution in [0.3, 0.4) is 0 Å². The molecule has 3 N–H and O–H groups in total. The van der Waals surface area contributed by atoms with E-state index in [0.717, 1.165) is 41.5 Å². The molecule has 6 nitrogen and oxygen atoms in total. The van der Waals surface area contributed by atoms with Crippen LogP contribution < -0.4 is 10.6 Å². The molecular weight excluding hydrogens is 625 g/mol. The fourth-order valence-electron chi connectivity index (χ4n) is 5.01. The Bertz CT molecular complexity index is 1400. The van der Waals surface area contributed by atoms with Crippen LogP contribution in [0.4, 0.5) is 11.6 Å². The molecule has 1 unspecified atom stereocenters. The molecule has 2 aliphatic heterocycles. The lowest BCUT2D eigenvalue weighted by Crippen LogP contribution is -2.37. The number of H-pyrrole nitrogens is 1. The number of nitrogens with one attached hydrogen (secondary N) is 3. The van der Waals surface area contributed by atoms with Crippen LogP contribution in [0.25, 0.3) is 11.0 Å². The van der Waals surface area contributed by atoms with Gasteiger partial charge in [0, 0.05) is 35.3 Å². The van der Waals surface area contributed by atoms with E-state index in [-0.39, 0.29) is 10.8 Å². The Balaban J connectivity index is 0. The van der Waals surface area contributed by atoms with Gasteiger partial charge in [0.15, 0.2) is 0 Å². The fourth-order valence-corrected chi connectivity index (χ4v) is 5.01. The van der Waals surface area contributed by atoms with Gasteiger partial charge in [-0.15, -0.1) is 0 Å². The van der Waals surface area contributed by atoms with E-state index in [9.17, 15) is 0 Å². The predicted octanol–water partition coefficient (Wildman–Crippen LogP) is 13.6. The molecule has 290 valence electrons. The summed E-state index contributed by atoms with van der Waals surface area (Å²) in [5, 5.41) is 6.89. The zero-order valence-electron chi connectivity index (χ0n) is 36.7. The lowest BCUT2D eigenvalue weighted by Gasteiger charge is -2.35. The van der Waals surface area contributed by atoms with Crippen LogP contribution in [0.15, 0.2) is 54.7 Å². The van der Waals surface area contributed by atoms with Gasteiger partial charge in [-0.2, -0.15) is 0 Å². The molecule has 3 aromatic heterocycles. The van der Waals surface area contributed by atoms with E-state index in [1.807, 2.05) is 99.7 Å². The number of imidazole rings is 1. The molecule has 0 amide bonds. The molecule has 0 bridgehead atoms. The van der Waals surface area contributed by atoms with Crippen molar-refractivity contribution in [3.8, 4) is 0 Å². The van der Waals surface area contributed by atoms with Crippen molar-refractivity contribution in [1.82, 2.24) is 19.9 Å². The van der Waals surface area contributed by atoms with E-state index in [0.29, 0.717) is 11.5 Å². The zero-order chi connectivity index (χ0) is 39.8. The van der Waals surface area contributed by atoms with E-state index in [2.05, 4.69) is 117 Å². The zero-order valence-corrected chi connectivity index (χ0v) is 36.7. The van der Waals surface area contributed by atoms with Crippen molar-refractivity contribution in [2.75, 3.05) is 17.2 Å². The SMILES string of the molecule is CC.CC.CC.CC.CC.CC(C)(C)C1CCc2cccnc2N1.CC(C)(C)c1ccc2c(n1)NCCC2.CC(C)(C)c1nc2ccccc2[nH]1. The monoisotopic (exact) mass is 705 g/mol. The highest BCUT2D eigenvalue weighted by molar-refractivity contribution is 5.74. The topological polar surface area (TPSA) is 78.5 Å². The van der Waals surface area contributed by atoms with Crippen molar-refractivity contribution in [1.29, 1.82) is 0 Å². The number of hydrogen-bond donors (Lipinski definition) is 3. The maximum atomic E-state index is 4.67. The van der Waals surface area contributed by atoms with Gasteiger partial charge < -0.3 is 15.6 Å². The predicted molar refractivity (Wildman–Crippen MR) is 231 cm³/mol. The lowest BCUT2D eigenvalue weighted by atomic mass is 9.81. The summed E-state index contributed by atoms with van der Waals surface area (Å²) in [4.78, 5) is 16.9. The summed E-state index contributed by atoms with van der Waals surface area (Å²) in [5.41, 5.74) is 6.62. The Kier molecular flexibility index (Phi) is 24.9. The summed E-state index contributed by atoms with van der Waals surface area (Å²) in [6.07, 6.45) is 6.61. The van der Waals surface area contributed by atoms with Gasteiger partial charge in [0.05, 0.1) is 11.0 Å². The lowest BCUT2D eigenvalue weighted by molar-refractivity contribution is 0.320. The second kappa shape index (κ2) is 25.5. The van der Waals surface area contributed by atoms with Crippen molar-refractivity contribution in [3.63, 3.8) is 0 Å². The molecule has 1 aromatic carbocycles. The molecule has 4 aromatic rings. The van der Waals surface area contributed by atoms with Gasteiger partial charge in [0.2, 0.25) is 0 Å². The van der Waals surface area contributed by atoms with Crippen LogP contribution in [-0.2, 0) is 23.7 Å². The van der Waals surface area contributed by atoms with Gasteiger partial charge in [-0.1, -0.05) is 156 Å². The summed E-state index contributed by atoms with van der Waals surface area (Å²) in [5.74, 6) is 3.23. The minimum atomic E-state index is 0.0962. The molecule has 0 saturated heterocycles. The van der Waals surface area contributed by atoms with Crippen LogP contribution >= 0.6 is 0 Å². The highest BCUT2D eigenvalue weighted by Crippen LogP contribution is 2.31. The first kappa shape index (κ1) is 49.7. The summed E-state index contributed by atoms with van der Waals surface area (Å²) < 4.78 is 0. The smallest absolute Gasteiger partial charge is 0.129 e. The van der Waals surface area contributed by atoms with Gasteiger partial charge in [0.1, 0.15) is 17.5 Å². The van der Waals surface area contributed by atoms with E-state index in [4.69, 9.17) is 0 Å². The maximum absolute atomic E-state index is 4.67.